The first kappa shape index (κ1) is 22.9. The van der Waals surface area contributed by atoms with Crippen LogP contribution < -0.4 is 0 Å². The predicted octanol–water partition coefficient (Wildman–Crippen LogP) is 4.55. The molecule has 7 unspecified atom stereocenters. The monoisotopic (exact) mass is 488 g/mol. The van der Waals surface area contributed by atoms with E-state index in [2.05, 4.69) is 43.1 Å². The van der Waals surface area contributed by atoms with E-state index < -0.39 is 17.8 Å². The molecule has 1 aromatic carbocycles. The first-order valence-electron chi connectivity index (χ1n) is 13.3. The zero-order chi connectivity index (χ0) is 25.2. The van der Waals surface area contributed by atoms with Gasteiger partial charge in [-0.3, -0.25) is 0 Å². The lowest BCUT2D eigenvalue weighted by atomic mass is 9.56. The predicted molar refractivity (Wildman–Crippen MR) is 138 cm³/mol. The molecular weight excluding hydrogens is 452 g/mol. The summed E-state index contributed by atoms with van der Waals surface area (Å²) in [7, 11) is 3.96. The van der Waals surface area contributed by atoms with Crippen molar-refractivity contribution in [3.8, 4) is 0 Å². The van der Waals surface area contributed by atoms with E-state index >= 15 is 0 Å². The van der Waals surface area contributed by atoms with Crippen LogP contribution in [0, 0.1) is 18.3 Å². The molecule has 2 N–H and O–H groups in total. The number of benzene rings is 1. The first-order valence-corrected chi connectivity index (χ1v) is 13.3. The number of aliphatic hydroxyl groups is 2. The summed E-state index contributed by atoms with van der Waals surface area (Å²) in [4.78, 5) is 6.62. The maximum Gasteiger partial charge on any atom is 0.192 e. The third-order valence-corrected chi connectivity index (χ3v) is 10.2. The molecule has 2 bridgehead atoms. The van der Waals surface area contributed by atoms with Crippen molar-refractivity contribution in [2.24, 2.45) is 11.3 Å². The second-order valence-electron chi connectivity index (χ2n) is 12.4. The molecule has 6 heteroatoms. The van der Waals surface area contributed by atoms with Gasteiger partial charge in [-0.05, 0) is 87.5 Å². The van der Waals surface area contributed by atoms with Crippen LogP contribution in [0.25, 0.3) is 16.7 Å². The number of fused-ring (bicyclic) bond motifs is 2. The summed E-state index contributed by atoms with van der Waals surface area (Å²) in [6.45, 7) is 6.54. The van der Waals surface area contributed by atoms with Crippen LogP contribution in [-0.2, 0) is 4.74 Å². The maximum atomic E-state index is 11.2. The van der Waals surface area contributed by atoms with Crippen LogP contribution in [0.5, 0.6) is 0 Å². The Kier molecular flexibility index (Phi) is 4.58. The number of aromatic nitrogens is 1. The molecule has 7 rings (SSSR count). The van der Waals surface area contributed by atoms with Crippen molar-refractivity contribution in [3.05, 3.63) is 58.5 Å². The molecule has 190 valence electrons. The lowest BCUT2D eigenvalue weighted by molar-refractivity contribution is -0.162. The van der Waals surface area contributed by atoms with Gasteiger partial charge in [0.25, 0.3) is 0 Å². The summed E-state index contributed by atoms with van der Waals surface area (Å²) in [6.07, 6.45) is 7.43. The Balaban J connectivity index is 1.33. The number of ether oxygens (including phenoxy) is 1. The van der Waals surface area contributed by atoms with Crippen molar-refractivity contribution >= 4 is 16.7 Å². The third-order valence-electron chi connectivity index (χ3n) is 10.2. The maximum absolute atomic E-state index is 11.2. The topological polar surface area (TPSA) is 79.0 Å². The molecule has 1 saturated heterocycles. The number of rotatable bonds is 2. The van der Waals surface area contributed by atoms with E-state index in [1.54, 1.807) is 0 Å². The molecule has 1 saturated carbocycles. The summed E-state index contributed by atoms with van der Waals surface area (Å²) in [6, 6.07) is 6.26. The van der Waals surface area contributed by atoms with Crippen molar-refractivity contribution in [2.45, 2.75) is 82.3 Å². The third kappa shape index (κ3) is 2.74. The fourth-order valence-corrected chi connectivity index (χ4v) is 8.66. The van der Waals surface area contributed by atoms with Crippen molar-refractivity contribution in [2.75, 3.05) is 14.1 Å². The van der Waals surface area contributed by atoms with Crippen molar-refractivity contribution < 1.29 is 19.4 Å². The van der Waals surface area contributed by atoms with E-state index in [0.29, 0.717) is 18.2 Å². The average molecular weight is 489 g/mol. The Morgan fingerprint density at radius 3 is 2.72 bits per heavy atom. The Morgan fingerprint density at radius 2 is 1.94 bits per heavy atom. The zero-order valence-corrected chi connectivity index (χ0v) is 21.8. The number of oxazole rings is 1. The molecular formula is C30H36N2O4. The molecule has 36 heavy (non-hydrogen) atoms. The minimum Gasteiger partial charge on any atom is -0.441 e. The van der Waals surface area contributed by atoms with Gasteiger partial charge in [-0.15, -0.1) is 0 Å². The molecule has 3 aliphatic carbocycles. The Hall–Kier alpha value is -2.25. The highest BCUT2D eigenvalue weighted by atomic mass is 16.5. The van der Waals surface area contributed by atoms with Crippen molar-refractivity contribution in [1.82, 2.24) is 9.88 Å². The summed E-state index contributed by atoms with van der Waals surface area (Å²) >= 11 is 0. The smallest absolute Gasteiger partial charge is 0.192 e. The minimum absolute atomic E-state index is 0.0509. The van der Waals surface area contributed by atoms with E-state index in [9.17, 15) is 10.2 Å². The van der Waals surface area contributed by atoms with Crippen molar-refractivity contribution in [3.63, 3.8) is 0 Å². The van der Waals surface area contributed by atoms with Crippen LogP contribution >= 0.6 is 0 Å². The second kappa shape index (κ2) is 7.19. The fraction of sp³-hybridized carbons (Fsp3) is 0.567. The second-order valence-corrected chi connectivity index (χ2v) is 12.4. The molecule has 2 spiro atoms. The van der Waals surface area contributed by atoms with Crippen LogP contribution in [-0.4, -0.2) is 63.6 Å². The standard InChI is InChI=1S/C30H36N2O4/c1-16-14-28(3)19(18-6-8-24-22(12-18)31-17(2)35-24)7-9-25(28)30-11-10-29(36-30)15-23(32(4)5)27(34)26(33)21(29)13-20(16)30/h6-8,12-13,23,25-27,33-34H,9-11,14-15H2,1-5H3. The van der Waals surface area contributed by atoms with E-state index in [-0.39, 0.29) is 17.1 Å². The van der Waals surface area contributed by atoms with Gasteiger partial charge in [-0.25, -0.2) is 4.98 Å². The number of aliphatic hydroxyl groups excluding tert-OH is 2. The molecule has 2 aromatic rings. The van der Waals surface area contributed by atoms with E-state index in [1.807, 2.05) is 32.0 Å². The lowest BCUT2D eigenvalue weighted by Crippen LogP contribution is -2.62. The largest absolute Gasteiger partial charge is 0.441 e. The molecule has 3 heterocycles. The number of likely N-dealkylation sites (N-methyl/N-ethyl adjacent to an activating group) is 1. The van der Waals surface area contributed by atoms with E-state index in [1.165, 1.54) is 22.3 Å². The summed E-state index contributed by atoms with van der Waals surface area (Å²) < 4.78 is 13.0. The van der Waals surface area contributed by atoms with Crippen LogP contribution in [0.3, 0.4) is 0 Å². The average Bonchev–Trinajstić information content (AvgIpc) is 3.46. The van der Waals surface area contributed by atoms with Gasteiger partial charge in [0, 0.05) is 24.3 Å². The van der Waals surface area contributed by atoms with Gasteiger partial charge >= 0.3 is 0 Å². The van der Waals surface area contributed by atoms with Crippen LogP contribution in [0.1, 0.15) is 57.4 Å². The van der Waals surface area contributed by atoms with Crippen LogP contribution in [0.4, 0.5) is 0 Å². The van der Waals surface area contributed by atoms with E-state index in [4.69, 9.17) is 9.15 Å². The molecule has 2 aliphatic heterocycles. The number of hydrogen-bond acceptors (Lipinski definition) is 6. The van der Waals surface area contributed by atoms with Crippen LogP contribution in [0.15, 0.2) is 51.5 Å². The van der Waals surface area contributed by atoms with E-state index in [0.717, 1.165) is 42.4 Å². The van der Waals surface area contributed by atoms with Gasteiger partial charge in [-0.2, -0.15) is 0 Å². The number of allylic oxidation sites excluding steroid dienone is 3. The summed E-state index contributed by atoms with van der Waals surface area (Å²) in [5.74, 6) is 1.02. The fourth-order valence-electron chi connectivity index (χ4n) is 8.66. The molecule has 0 amide bonds. The zero-order valence-electron chi connectivity index (χ0n) is 21.8. The Morgan fingerprint density at radius 1 is 1.14 bits per heavy atom. The quantitative estimate of drug-likeness (QED) is 0.646. The molecule has 6 nitrogen and oxygen atoms in total. The first-order chi connectivity index (χ1) is 17.1. The van der Waals surface area contributed by atoms with Gasteiger partial charge in [0.15, 0.2) is 11.5 Å². The number of hydrogen-bond donors (Lipinski definition) is 2. The summed E-state index contributed by atoms with van der Waals surface area (Å²) in [5.41, 5.74) is 6.90. The number of nitrogens with zero attached hydrogens (tertiary/aromatic N) is 2. The molecule has 7 atom stereocenters. The van der Waals surface area contributed by atoms with Crippen LogP contribution in [0.2, 0.25) is 0 Å². The molecule has 1 aromatic heterocycles. The van der Waals surface area contributed by atoms with Gasteiger partial charge in [-0.1, -0.05) is 30.7 Å². The number of aryl methyl sites for hydroxylation is 1. The lowest BCUT2D eigenvalue weighted by Gasteiger charge is -2.56. The highest BCUT2D eigenvalue weighted by Crippen LogP contribution is 2.69. The molecule has 2 fully saturated rings. The van der Waals surface area contributed by atoms with Gasteiger partial charge in [0.2, 0.25) is 0 Å². The molecule has 5 aliphatic rings. The van der Waals surface area contributed by atoms with Gasteiger partial charge in [0.1, 0.15) is 11.6 Å². The van der Waals surface area contributed by atoms with Crippen molar-refractivity contribution in [1.29, 1.82) is 0 Å². The summed E-state index contributed by atoms with van der Waals surface area (Å²) in [5, 5.41) is 22.2. The van der Waals surface area contributed by atoms with Gasteiger partial charge < -0.3 is 24.3 Å². The normalized spacial score (nSPS) is 41.3. The Bertz CT molecular complexity index is 1380. The Labute approximate surface area is 212 Å². The van der Waals surface area contributed by atoms with Gasteiger partial charge in [0.05, 0.1) is 17.3 Å². The minimum atomic E-state index is -0.897. The highest BCUT2D eigenvalue weighted by Gasteiger charge is 2.68. The SMILES string of the molecule is CC1=C2C=C3C(O)C(O)C(N(C)C)CC34CCC2(O4)C2CC=C(c3ccc4oc(C)nc4c3)C2(C)C1. The highest BCUT2D eigenvalue weighted by molar-refractivity contribution is 5.82. The molecule has 0 radical (unpaired) electrons.